The van der Waals surface area contributed by atoms with E-state index in [1.54, 1.807) is 10.7 Å². The van der Waals surface area contributed by atoms with Gasteiger partial charge in [0.15, 0.2) is 5.65 Å². The van der Waals surface area contributed by atoms with Gasteiger partial charge in [0.1, 0.15) is 5.56 Å². The molecule has 0 aliphatic carbocycles. The topological polar surface area (TPSA) is 86.0 Å². The molecule has 2 aromatic heterocycles. The predicted octanol–water partition coefficient (Wildman–Crippen LogP) is 0.758. The Morgan fingerprint density at radius 2 is 2.00 bits per heavy atom. The van der Waals surface area contributed by atoms with Crippen molar-refractivity contribution in [2.45, 2.75) is 38.8 Å². The van der Waals surface area contributed by atoms with Crippen LogP contribution in [0.2, 0.25) is 0 Å². The number of carbonyl (C=O) groups is 1. The van der Waals surface area contributed by atoms with Crippen molar-refractivity contribution in [3.05, 3.63) is 29.7 Å². The van der Waals surface area contributed by atoms with Crippen LogP contribution in [-0.2, 0) is 6.54 Å². The van der Waals surface area contributed by atoms with E-state index >= 15 is 0 Å². The highest BCUT2D eigenvalue weighted by molar-refractivity contribution is 5.99. The predicted molar refractivity (Wildman–Crippen MR) is 104 cm³/mol. The maximum atomic E-state index is 12.6. The van der Waals surface area contributed by atoms with Crippen LogP contribution in [0.4, 0.5) is 0 Å². The summed E-state index contributed by atoms with van der Waals surface area (Å²) in [6.07, 6.45) is 6.58. The standard InChI is InChI=1S/C19H30N6O2/c1-4-24(5-2)12-15-10-20-17-16(11-22-25(17)13-15)18(26)21-14-19(27)6-8-23(3)9-7-19/h10-11,13,27H,4-9,12,14H2,1-3H3,(H,21,26). The number of fused-ring (bicyclic) bond motifs is 1. The Labute approximate surface area is 160 Å². The fraction of sp³-hybridized carbons (Fsp3) is 0.632. The molecule has 148 valence electrons. The summed E-state index contributed by atoms with van der Waals surface area (Å²) in [6, 6.07) is 0. The maximum absolute atomic E-state index is 12.6. The van der Waals surface area contributed by atoms with Gasteiger partial charge in [-0.1, -0.05) is 13.8 Å². The Bertz CT molecular complexity index is 778. The van der Waals surface area contributed by atoms with E-state index in [0.29, 0.717) is 24.1 Å². The van der Waals surface area contributed by atoms with Gasteiger partial charge in [0.25, 0.3) is 5.91 Å². The number of amides is 1. The molecule has 3 rings (SSSR count). The number of aromatic nitrogens is 3. The van der Waals surface area contributed by atoms with Gasteiger partial charge in [-0.05, 0) is 33.0 Å². The van der Waals surface area contributed by atoms with Crippen molar-refractivity contribution in [2.75, 3.05) is 39.8 Å². The largest absolute Gasteiger partial charge is 0.388 e. The number of nitrogens with zero attached hydrogens (tertiary/aromatic N) is 5. The van der Waals surface area contributed by atoms with Crippen molar-refractivity contribution in [3.63, 3.8) is 0 Å². The number of piperidine rings is 1. The summed E-state index contributed by atoms with van der Waals surface area (Å²) in [6.45, 7) is 8.92. The molecule has 0 saturated carbocycles. The lowest BCUT2D eigenvalue weighted by molar-refractivity contribution is -0.0135. The smallest absolute Gasteiger partial charge is 0.256 e. The van der Waals surface area contributed by atoms with Gasteiger partial charge < -0.3 is 15.3 Å². The molecule has 1 aliphatic rings. The number of likely N-dealkylation sites (tertiary alicyclic amines) is 1. The molecule has 1 aliphatic heterocycles. The molecule has 1 amide bonds. The SMILES string of the molecule is CCN(CC)Cc1cnc2c(C(=O)NCC3(O)CCN(C)CC3)cnn2c1. The molecular weight excluding hydrogens is 344 g/mol. The molecular formula is C19H30N6O2. The van der Waals surface area contributed by atoms with Crippen molar-refractivity contribution in [3.8, 4) is 0 Å². The third kappa shape index (κ3) is 4.63. The van der Waals surface area contributed by atoms with Gasteiger partial charge in [-0.15, -0.1) is 0 Å². The first-order valence-electron chi connectivity index (χ1n) is 9.68. The molecule has 0 spiro atoms. The molecule has 0 unspecified atom stereocenters. The lowest BCUT2D eigenvalue weighted by Gasteiger charge is -2.36. The maximum Gasteiger partial charge on any atom is 0.256 e. The molecule has 0 aromatic carbocycles. The Kier molecular flexibility index (Phi) is 6.08. The van der Waals surface area contributed by atoms with Crippen LogP contribution in [0.15, 0.2) is 18.6 Å². The Hall–Kier alpha value is -2.03. The highest BCUT2D eigenvalue weighted by Crippen LogP contribution is 2.20. The molecule has 1 fully saturated rings. The Morgan fingerprint density at radius 3 is 2.67 bits per heavy atom. The van der Waals surface area contributed by atoms with Crippen LogP contribution in [0, 0.1) is 0 Å². The summed E-state index contributed by atoms with van der Waals surface area (Å²) in [5.74, 6) is -0.249. The number of nitrogens with one attached hydrogen (secondary N) is 1. The van der Waals surface area contributed by atoms with E-state index in [-0.39, 0.29) is 12.5 Å². The van der Waals surface area contributed by atoms with E-state index in [9.17, 15) is 9.90 Å². The Morgan fingerprint density at radius 1 is 1.30 bits per heavy atom. The average Bonchev–Trinajstić information content (AvgIpc) is 3.10. The third-order valence-corrected chi connectivity index (χ3v) is 5.45. The van der Waals surface area contributed by atoms with Crippen LogP contribution in [0.1, 0.15) is 42.6 Å². The second kappa shape index (κ2) is 8.33. The van der Waals surface area contributed by atoms with Crippen LogP contribution in [0.3, 0.4) is 0 Å². The van der Waals surface area contributed by atoms with E-state index in [1.165, 1.54) is 6.20 Å². The fourth-order valence-electron chi connectivity index (χ4n) is 3.41. The number of hydrogen-bond acceptors (Lipinski definition) is 6. The van der Waals surface area contributed by atoms with Gasteiger partial charge in [-0.3, -0.25) is 9.69 Å². The second-order valence-corrected chi connectivity index (χ2v) is 7.46. The first-order valence-corrected chi connectivity index (χ1v) is 9.68. The molecule has 1 saturated heterocycles. The van der Waals surface area contributed by atoms with Gasteiger partial charge in [-0.25, -0.2) is 9.50 Å². The minimum Gasteiger partial charge on any atom is -0.388 e. The van der Waals surface area contributed by atoms with Crippen LogP contribution < -0.4 is 5.32 Å². The molecule has 0 bridgehead atoms. The normalized spacial score (nSPS) is 17.5. The van der Waals surface area contributed by atoms with Crippen LogP contribution in [0.5, 0.6) is 0 Å². The first kappa shape index (κ1) is 19.7. The van der Waals surface area contributed by atoms with Gasteiger partial charge in [0.05, 0.1) is 11.8 Å². The molecule has 0 radical (unpaired) electrons. The number of rotatable bonds is 7. The number of aliphatic hydroxyl groups is 1. The highest BCUT2D eigenvalue weighted by Gasteiger charge is 2.31. The zero-order chi connectivity index (χ0) is 19.4. The van der Waals surface area contributed by atoms with Crippen molar-refractivity contribution in [2.24, 2.45) is 0 Å². The van der Waals surface area contributed by atoms with Gasteiger partial charge in [-0.2, -0.15) is 5.10 Å². The van der Waals surface area contributed by atoms with E-state index < -0.39 is 5.60 Å². The van der Waals surface area contributed by atoms with Gasteiger partial charge in [0, 0.05) is 44.1 Å². The van der Waals surface area contributed by atoms with Crippen molar-refractivity contribution < 1.29 is 9.90 Å². The molecule has 8 nitrogen and oxygen atoms in total. The quantitative estimate of drug-likeness (QED) is 0.744. The zero-order valence-electron chi connectivity index (χ0n) is 16.5. The van der Waals surface area contributed by atoms with Crippen LogP contribution in [-0.4, -0.2) is 80.8 Å². The third-order valence-electron chi connectivity index (χ3n) is 5.45. The minimum atomic E-state index is -0.838. The van der Waals surface area contributed by atoms with Crippen molar-refractivity contribution in [1.29, 1.82) is 0 Å². The first-order chi connectivity index (χ1) is 12.9. The fourth-order valence-corrected chi connectivity index (χ4v) is 3.41. The van der Waals surface area contributed by atoms with Crippen molar-refractivity contribution >= 4 is 11.6 Å². The monoisotopic (exact) mass is 374 g/mol. The summed E-state index contributed by atoms with van der Waals surface area (Å²) >= 11 is 0. The number of hydrogen-bond donors (Lipinski definition) is 2. The van der Waals surface area contributed by atoms with Crippen LogP contribution in [0.25, 0.3) is 5.65 Å². The summed E-state index contributed by atoms with van der Waals surface area (Å²) in [5, 5.41) is 17.8. The average molecular weight is 374 g/mol. The van der Waals surface area contributed by atoms with E-state index in [1.807, 2.05) is 13.2 Å². The zero-order valence-corrected chi connectivity index (χ0v) is 16.5. The second-order valence-electron chi connectivity index (χ2n) is 7.46. The molecule has 27 heavy (non-hydrogen) atoms. The van der Waals surface area contributed by atoms with Crippen molar-refractivity contribution in [1.82, 2.24) is 29.7 Å². The van der Waals surface area contributed by atoms with E-state index in [4.69, 9.17) is 0 Å². The lowest BCUT2D eigenvalue weighted by Crippen LogP contribution is -2.50. The van der Waals surface area contributed by atoms with E-state index in [0.717, 1.165) is 38.3 Å². The minimum absolute atomic E-state index is 0.247. The molecule has 8 heteroatoms. The summed E-state index contributed by atoms with van der Waals surface area (Å²) in [4.78, 5) is 21.5. The summed E-state index contributed by atoms with van der Waals surface area (Å²) in [5.41, 5.74) is 1.18. The summed E-state index contributed by atoms with van der Waals surface area (Å²) in [7, 11) is 2.04. The summed E-state index contributed by atoms with van der Waals surface area (Å²) < 4.78 is 1.65. The van der Waals surface area contributed by atoms with E-state index in [2.05, 4.69) is 39.0 Å². The lowest BCUT2D eigenvalue weighted by atomic mass is 9.91. The van der Waals surface area contributed by atoms with Crippen LogP contribution >= 0.6 is 0 Å². The van der Waals surface area contributed by atoms with Gasteiger partial charge in [0.2, 0.25) is 0 Å². The molecule has 3 heterocycles. The van der Waals surface area contributed by atoms with Gasteiger partial charge >= 0.3 is 0 Å². The highest BCUT2D eigenvalue weighted by atomic mass is 16.3. The molecule has 0 atom stereocenters. The molecule has 2 N–H and O–H groups in total. The Balaban J connectivity index is 1.66. The number of carbonyl (C=O) groups excluding carboxylic acids is 1. The molecule has 2 aromatic rings.